The number of rotatable bonds is 4. The van der Waals surface area contributed by atoms with Crippen molar-refractivity contribution in [1.29, 1.82) is 5.26 Å². The Morgan fingerprint density at radius 2 is 2.31 bits per heavy atom. The maximum Gasteiger partial charge on any atom is 0.100 e. The van der Waals surface area contributed by atoms with Crippen LogP contribution in [0.1, 0.15) is 18.4 Å². The van der Waals surface area contributed by atoms with Crippen LogP contribution in [0.5, 0.6) is 0 Å². The van der Waals surface area contributed by atoms with Gasteiger partial charge in [-0.15, -0.1) is 6.58 Å². The molecule has 0 aromatic heterocycles. The summed E-state index contributed by atoms with van der Waals surface area (Å²) < 4.78 is 0.863. The van der Waals surface area contributed by atoms with Gasteiger partial charge in [0.2, 0.25) is 0 Å². The number of nitriles is 1. The van der Waals surface area contributed by atoms with Crippen molar-refractivity contribution in [3.05, 3.63) is 40.9 Å². The highest BCUT2D eigenvalue weighted by molar-refractivity contribution is 9.10. The fraction of sp³-hybridized carbons (Fsp3) is 0.308. The lowest BCUT2D eigenvalue weighted by Gasteiger charge is -2.23. The molecular formula is C13H13BrN2. The highest BCUT2D eigenvalue weighted by Crippen LogP contribution is 2.33. The Hall–Kier alpha value is -1.27. The second kappa shape index (κ2) is 4.71. The maximum atomic E-state index is 8.86. The van der Waals surface area contributed by atoms with E-state index >= 15 is 0 Å². The monoisotopic (exact) mass is 276 g/mol. The zero-order valence-electron chi connectivity index (χ0n) is 8.99. The van der Waals surface area contributed by atoms with Gasteiger partial charge in [0.05, 0.1) is 5.56 Å². The first-order valence-electron chi connectivity index (χ1n) is 5.33. The summed E-state index contributed by atoms with van der Waals surface area (Å²) in [4.78, 5) is 2.33. The second-order valence-corrected chi connectivity index (χ2v) is 4.80. The average molecular weight is 277 g/mol. The molecule has 3 heteroatoms. The second-order valence-electron chi connectivity index (χ2n) is 3.95. The summed E-state index contributed by atoms with van der Waals surface area (Å²) in [6.07, 6.45) is 4.43. The minimum atomic E-state index is 0.651. The molecule has 0 spiro atoms. The van der Waals surface area contributed by atoms with Gasteiger partial charge >= 0.3 is 0 Å². The highest BCUT2D eigenvalue weighted by Gasteiger charge is 2.28. The Morgan fingerprint density at radius 1 is 1.56 bits per heavy atom. The van der Waals surface area contributed by atoms with Crippen LogP contribution in [0, 0.1) is 11.3 Å². The van der Waals surface area contributed by atoms with E-state index in [-0.39, 0.29) is 0 Å². The molecule has 0 saturated heterocycles. The van der Waals surface area contributed by atoms with Crippen LogP contribution in [0.4, 0.5) is 5.69 Å². The Morgan fingerprint density at radius 3 is 2.81 bits per heavy atom. The lowest BCUT2D eigenvalue weighted by molar-refractivity contribution is 0.861. The van der Waals surface area contributed by atoms with E-state index in [2.05, 4.69) is 33.5 Å². The molecule has 1 aromatic rings. The summed E-state index contributed by atoms with van der Waals surface area (Å²) in [5.41, 5.74) is 1.84. The van der Waals surface area contributed by atoms with Crippen molar-refractivity contribution in [3.8, 4) is 6.07 Å². The molecule has 1 aromatic carbocycles. The Kier molecular flexibility index (Phi) is 3.31. The summed E-state index contributed by atoms with van der Waals surface area (Å²) in [7, 11) is 0. The fourth-order valence-electron chi connectivity index (χ4n) is 1.76. The van der Waals surface area contributed by atoms with Crippen LogP contribution in [0.25, 0.3) is 0 Å². The average Bonchev–Trinajstić information content (AvgIpc) is 3.09. The molecule has 1 fully saturated rings. The van der Waals surface area contributed by atoms with Crippen LogP contribution >= 0.6 is 15.9 Å². The van der Waals surface area contributed by atoms with Crippen LogP contribution in [-0.2, 0) is 0 Å². The van der Waals surface area contributed by atoms with Crippen molar-refractivity contribution in [2.45, 2.75) is 18.9 Å². The van der Waals surface area contributed by atoms with Gasteiger partial charge in [-0.1, -0.05) is 6.08 Å². The van der Waals surface area contributed by atoms with Crippen LogP contribution < -0.4 is 4.90 Å². The first-order valence-corrected chi connectivity index (χ1v) is 6.12. The molecule has 16 heavy (non-hydrogen) atoms. The molecule has 0 radical (unpaired) electrons. The van der Waals surface area contributed by atoms with Gasteiger partial charge in [0, 0.05) is 22.7 Å². The summed E-state index contributed by atoms with van der Waals surface area (Å²) in [5, 5.41) is 8.86. The molecule has 0 amide bonds. The van der Waals surface area contributed by atoms with Crippen LogP contribution in [0.15, 0.2) is 35.3 Å². The number of hydrogen-bond donors (Lipinski definition) is 0. The van der Waals surface area contributed by atoms with E-state index in [9.17, 15) is 0 Å². The molecule has 1 saturated carbocycles. The van der Waals surface area contributed by atoms with Gasteiger partial charge in [-0.25, -0.2) is 0 Å². The fourth-order valence-corrected chi connectivity index (χ4v) is 2.22. The van der Waals surface area contributed by atoms with Gasteiger partial charge in [0.25, 0.3) is 0 Å². The van der Waals surface area contributed by atoms with Gasteiger partial charge in [0.15, 0.2) is 0 Å². The van der Waals surface area contributed by atoms with E-state index in [0.717, 1.165) is 16.7 Å². The molecule has 1 aliphatic carbocycles. The zero-order valence-corrected chi connectivity index (χ0v) is 10.6. The van der Waals surface area contributed by atoms with E-state index in [1.54, 1.807) is 0 Å². The van der Waals surface area contributed by atoms with E-state index < -0.39 is 0 Å². The Labute approximate surface area is 104 Å². The minimum Gasteiger partial charge on any atom is -0.365 e. The number of benzene rings is 1. The van der Waals surface area contributed by atoms with Crippen molar-refractivity contribution in [2.24, 2.45) is 0 Å². The van der Waals surface area contributed by atoms with E-state index in [4.69, 9.17) is 5.26 Å². The predicted molar refractivity (Wildman–Crippen MR) is 69.4 cm³/mol. The highest BCUT2D eigenvalue weighted by atomic mass is 79.9. The Bertz CT molecular complexity index is 444. The number of halogens is 1. The largest absolute Gasteiger partial charge is 0.365 e. The van der Waals surface area contributed by atoms with Gasteiger partial charge in [-0.05, 0) is 47.0 Å². The summed E-state index contributed by atoms with van der Waals surface area (Å²) in [5.74, 6) is 0. The third-order valence-corrected chi connectivity index (χ3v) is 3.37. The van der Waals surface area contributed by atoms with Gasteiger partial charge in [0.1, 0.15) is 6.07 Å². The smallest absolute Gasteiger partial charge is 0.100 e. The molecule has 0 heterocycles. The number of hydrogen-bond acceptors (Lipinski definition) is 2. The van der Waals surface area contributed by atoms with Crippen molar-refractivity contribution < 1.29 is 0 Å². The predicted octanol–water partition coefficient (Wildman–Crippen LogP) is 3.48. The van der Waals surface area contributed by atoms with Crippen LogP contribution in [-0.4, -0.2) is 12.6 Å². The molecule has 0 N–H and O–H groups in total. The van der Waals surface area contributed by atoms with Crippen molar-refractivity contribution in [2.75, 3.05) is 11.4 Å². The Balaban J connectivity index is 2.28. The van der Waals surface area contributed by atoms with E-state index in [1.807, 2.05) is 24.3 Å². The van der Waals surface area contributed by atoms with E-state index in [1.165, 1.54) is 12.8 Å². The maximum absolute atomic E-state index is 8.86. The minimum absolute atomic E-state index is 0.651. The van der Waals surface area contributed by atoms with E-state index in [0.29, 0.717) is 11.6 Å². The lowest BCUT2D eigenvalue weighted by atomic mass is 10.2. The molecule has 1 aliphatic rings. The zero-order chi connectivity index (χ0) is 11.5. The third-order valence-electron chi connectivity index (χ3n) is 2.72. The molecule has 2 nitrogen and oxygen atoms in total. The number of nitrogens with zero attached hydrogens (tertiary/aromatic N) is 2. The SMILES string of the molecule is C=CCN(c1ccc(C#N)c(Br)c1)C1CC1. The van der Waals surface area contributed by atoms with Crippen molar-refractivity contribution >= 4 is 21.6 Å². The van der Waals surface area contributed by atoms with Crippen LogP contribution in [0.2, 0.25) is 0 Å². The standard InChI is InChI=1S/C13H13BrN2/c1-2-7-16(11-5-6-11)12-4-3-10(9-15)13(14)8-12/h2-4,8,11H,1,5-7H2. The number of anilines is 1. The quantitative estimate of drug-likeness (QED) is 0.788. The van der Waals surface area contributed by atoms with Crippen molar-refractivity contribution in [1.82, 2.24) is 0 Å². The molecule has 2 rings (SSSR count). The molecule has 0 aliphatic heterocycles. The molecule has 0 atom stereocenters. The van der Waals surface area contributed by atoms with Crippen LogP contribution in [0.3, 0.4) is 0 Å². The topological polar surface area (TPSA) is 27.0 Å². The van der Waals surface area contributed by atoms with Gasteiger partial charge < -0.3 is 4.90 Å². The van der Waals surface area contributed by atoms with Gasteiger partial charge in [-0.2, -0.15) is 5.26 Å². The molecule has 0 bridgehead atoms. The molecule has 0 unspecified atom stereocenters. The van der Waals surface area contributed by atoms with Crippen molar-refractivity contribution in [3.63, 3.8) is 0 Å². The lowest BCUT2D eigenvalue weighted by Crippen LogP contribution is -2.25. The van der Waals surface area contributed by atoms with Gasteiger partial charge in [-0.3, -0.25) is 0 Å². The summed E-state index contributed by atoms with van der Waals surface area (Å²) >= 11 is 3.42. The third kappa shape index (κ3) is 2.28. The first-order chi connectivity index (χ1) is 7.76. The summed E-state index contributed by atoms with van der Waals surface area (Å²) in [6.45, 7) is 4.65. The summed E-state index contributed by atoms with van der Waals surface area (Å²) in [6, 6.07) is 8.68. The molecule has 82 valence electrons. The first kappa shape index (κ1) is 11.2. The molecular weight excluding hydrogens is 264 g/mol. The normalized spacial score (nSPS) is 14.2.